The third-order valence-electron chi connectivity index (χ3n) is 4.10. The minimum atomic E-state index is -0.500. The lowest BCUT2D eigenvalue weighted by molar-refractivity contribution is 0.0520. The van der Waals surface area contributed by atoms with E-state index in [2.05, 4.69) is 48.3 Å². The number of carbonyl (C=O) groups is 1. The van der Waals surface area contributed by atoms with E-state index < -0.39 is 5.97 Å². The highest BCUT2D eigenvalue weighted by molar-refractivity contribution is 5.93. The Bertz CT molecular complexity index is 907. The van der Waals surface area contributed by atoms with Crippen molar-refractivity contribution in [1.82, 2.24) is 15.4 Å². The summed E-state index contributed by atoms with van der Waals surface area (Å²) in [5.41, 5.74) is 2.73. The summed E-state index contributed by atoms with van der Waals surface area (Å²) in [6.07, 6.45) is 0. The number of aromatic amines is 1. The summed E-state index contributed by atoms with van der Waals surface area (Å²) in [6.45, 7) is 8.56. The van der Waals surface area contributed by atoms with E-state index in [1.165, 1.54) is 5.56 Å². The van der Waals surface area contributed by atoms with Crippen LogP contribution >= 0.6 is 0 Å². The second-order valence-corrected chi connectivity index (χ2v) is 7.14. The molecule has 0 spiro atoms. The number of rotatable bonds is 5. The lowest BCUT2D eigenvalue weighted by atomic mass is 9.87. The van der Waals surface area contributed by atoms with E-state index in [4.69, 9.17) is 9.47 Å². The van der Waals surface area contributed by atoms with Gasteiger partial charge < -0.3 is 9.47 Å². The van der Waals surface area contributed by atoms with Gasteiger partial charge in [-0.2, -0.15) is 10.3 Å². The molecule has 0 aliphatic carbocycles. The largest absolute Gasteiger partial charge is 0.461 e. The molecule has 0 radical (unpaired) electrons. The highest BCUT2D eigenvalue weighted by Gasteiger charge is 2.19. The molecule has 3 aromatic rings. The molecule has 0 saturated heterocycles. The molecule has 27 heavy (non-hydrogen) atoms. The number of benzene rings is 2. The smallest absolute Gasteiger partial charge is 0.361 e. The fourth-order valence-corrected chi connectivity index (χ4v) is 2.61. The summed E-state index contributed by atoms with van der Waals surface area (Å²) in [6, 6.07) is 15.4. The number of esters is 1. The fraction of sp³-hybridized carbons (Fsp3) is 0.286. The molecule has 0 atom stereocenters. The van der Waals surface area contributed by atoms with Gasteiger partial charge in [-0.05, 0) is 54.3 Å². The van der Waals surface area contributed by atoms with Crippen LogP contribution in [-0.2, 0) is 10.2 Å². The molecular weight excluding hydrogens is 342 g/mol. The average Bonchev–Trinajstić information content (AvgIpc) is 3.12. The molecule has 6 heteroatoms. The van der Waals surface area contributed by atoms with Gasteiger partial charge in [0.05, 0.1) is 6.61 Å². The molecule has 140 valence electrons. The molecule has 0 fully saturated rings. The van der Waals surface area contributed by atoms with E-state index in [9.17, 15) is 4.79 Å². The lowest BCUT2D eigenvalue weighted by Gasteiger charge is -2.19. The number of ether oxygens (including phenoxy) is 2. The summed E-state index contributed by atoms with van der Waals surface area (Å²) in [5, 5.41) is 10.4. The maximum Gasteiger partial charge on any atom is 0.361 e. The Kier molecular flexibility index (Phi) is 5.26. The van der Waals surface area contributed by atoms with Crippen LogP contribution in [0.5, 0.6) is 11.5 Å². The van der Waals surface area contributed by atoms with Crippen LogP contribution in [0.3, 0.4) is 0 Å². The molecule has 6 nitrogen and oxygen atoms in total. The van der Waals surface area contributed by atoms with Gasteiger partial charge in [0.2, 0.25) is 0 Å². The van der Waals surface area contributed by atoms with Crippen LogP contribution in [0.1, 0.15) is 43.7 Å². The Balaban J connectivity index is 1.75. The van der Waals surface area contributed by atoms with Gasteiger partial charge in [0.25, 0.3) is 0 Å². The van der Waals surface area contributed by atoms with Gasteiger partial charge in [0.1, 0.15) is 17.2 Å². The van der Waals surface area contributed by atoms with Crippen LogP contribution in [0.15, 0.2) is 48.5 Å². The van der Waals surface area contributed by atoms with Crippen molar-refractivity contribution in [2.45, 2.75) is 33.1 Å². The number of hydrogen-bond acceptors (Lipinski definition) is 5. The van der Waals surface area contributed by atoms with Crippen molar-refractivity contribution < 1.29 is 14.3 Å². The standard InChI is InChI=1S/C21H23N3O3/c1-5-26-20(25)19-18(22-24-23-19)14-6-10-16(11-7-14)27-17-12-8-15(9-13-17)21(2,3)4/h6-13H,5H2,1-4H3,(H,22,23,24). The van der Waals surface area contributed by atoms with Gasteiger partial charge >= 0.3 is 5.97 Å². The zero-order chi connectivity index (χ0) is 19.4. The Hall–Kier alpha value is -3.15. The van der Waals surface area contributed by atoms with E-state index in [0.29, 0.717) is 11.4 Å². The SMILES string of the molecule is CCOC(=O)c1n[nH]nc1-c1ccc(Oc2ccc(C(C)(C)C)cc2)cc1. The summed E-state index contributed by atoms with van der Waals surface area (Å²) in [7, 11) is 0. The van der Waals surface area contributed by atoms with Gasteiger partial charge in [-0.25, -0.2) is 4.79 Å². The number of hydrogen-bond donors (Lipinski definition) is 1. The first-order valence-corrected chi connectivity index (χ1v) is 8.85. The van der Waals surface area contributed by atoms with E-state index >= 15 is 0 Å². The maximum absolute atomic E-state index is 11.9. The minimum absolute atomic E-state index is 0.106. The number of H-pyrrole nitrogens is 1. The monoisotopic (exact) mass is 365 g/mol. The number of carbonyl (C=O) groups excluding carboxylic acids is 1. The predicted octanol–water partition coefficient (Wildman–Crippen LogP) is 4.74. The van der Waals surface area contributed by atoms with E-state index in [1.54, 1.807) is 6.92 Å². The molecule has 0 bridgehead atoms. The van der Waals surface area contributed by atoms with Crippen molar-refractivity contribution in [3.05, 3.63) is 59.8 Å². The molecule has 0 unspecified atom stereocenters. The first-order valence-electron chi connectivity index (χ1n) is 8.85. The van der Waals surface area contributed by atoms with Gasteiger partial charge in [-0.3, -0.25) is 0 Å². The Morgan fingerprint density at radius 2 is 1.56 bits per heavy atom. The zero-order valence-electron chi connectivity index (χ0n) is 15.9. The highest BCUT2D eigenvalue weighted by Crippen LogP contribution is 2.28. The van der Waals surface area contributed by atoms with Crippen LogP contribution in [0.4, 0.5) is 0 Å². The molecule has 0 aliphatic rings. The van der Waals surface area contributed by atoms with Crippen molar-refractivity contribution in [1.29, 1.82) is 0 Å². The first-order chi connectivity index (χ1) is 12.9. The molecule has 3 rings (SSSR count). The van der Waals surface area contributed by atoms with Gasteiger partial charge in [0, 0.05) is 5.56 Å². The van der Waals surface area contributed by atoms with Crippen LogP contribution in [0.2, 0.25) is 0 Å². The van der Waals surface area contributed by atoms with Crippen molar-refractivity contribution in [3.8, 4) is 22.8 Å². The van der Waals surface area contributed by atoms with Crippen LogP contribution in [0, 0.1) is 0 Å². The molecule has 0 saturated carbocycles. The van der Waals surface area contributed by atoms with Crippen molar-refractivity contribution in [2.24, 2.45) is 0 Å². The molecular formula is C21H23N3O3. The topological polar surface area (TPSA) is 77.1 Å². The first kappa shape index (κ1) is 18.6. The van der Waals surface area contributed by atoms with E-state index in [1.807, 2.05) is 36.4 Å². The normalized spacial score (nSPS) is 11.3. The summed E-state index contributed by atoms with van der Waals surface area (Å²) in [4.78, 5) is 11.9. The molecule has 1 heterocycles. The van der Waals surface area contributed by atoms with Crippen LogP contribution < -0.4 is 4.74 Å². The number of aromatic nitrogens is 3. The maximum atomic E-state index is 11.9. The Labute approximate surface area is 158 Å². The van der Waals surface area contributed by atoms with E-state index in [0.717, 1.165) is 11.3 Å². The van der Waals surface area contributed by atoms with Crippen molar-refractivity contribution >= 4 is 5.97 Å². The molecule has 0 amide bonds. The molecule has 0 aliphatic heterocycles. The number of nitrogens with one attached hydrogen (secondary N) is 1. The summed E-state index contributed by atoms with van der Waals surface area (Å²) >= 11 is 0. The molecule has 1 aromatic heterocycles. The number of nitrogens with zero attached hydrogens (tertiary/aromatic N) is 2. The quantitative estimate of drug-likeness (QED) is 0.661. The van der Waals surface area contributed by atoms with Gasteiger partial charge in [-0.15, -0.1) is 5.10 Å². The van der Waals surface area contributed by atoms with Crippen molar-refractivity contribution in [3.63, 3.8) is 0 Å². The second kappa shape index (κ2) is 7.61. The minimum Gasteiger partial charge on any atom is -0.461 e. The fourth-order valence-electron chi connectivity index (χ4n) is 2.61. The van der Waals surface area contributed by atoms with Gasteiger partial charge in [-0.1, -0.05) is 32.9 Å². The predicted molar refractivity (Wildman–Crippen MR) is 103 cm³/mol. The summed E-state index contributed by atoms with van der Waals surface area (Å²) < 4.78 is 10.9. The lowest BCUT2D eigenvalue weighted by Crippen LogP contribution is -2.10. The van der Waals surface area contributed by atoms with Gasteiger partial charge in [0.15, 0.2) is 5.69 Å². The second-order valence-electron chi connectivity index (χ2n) is 7.14. The highest BCUT2D eigenvalue weighted by atomic mass is 16.5. The van der Waals surface area contributed by atoms with E-state index in [-0.39, 0.29) is 17.7 Å². The van der Waals surface area contributed by atoms with Crippen LogP contribution in [-0.4, -0.2) is 28.0 Å². The molecule has 1 N–H and O–H groups in total. The third-order valence-corrected chi connectivity index (χ3v) is 4.10. The molecule has 2 aromatic carbocycles. The average molecular weight is 365 g/mol. The third kappa shape index (κ3) is 4.34. The summed E-state index contributed by atoms with van der Waals surface area (Å²) in [5.74, 6) is 0.966. The Morgan fingerprint density at radius 1 is 0.963 bits per heavy atom. The van der Waals surface area contributed by atoms with Crippen LogP contribution in [0.25, 0.3) is 11.3 Å². The Morgan fingerprint density at radius 3 is 2.11 bits per heavy atom. The van der Waals surface area contributed by atoms with Crippen molar-refractivity contribution in [2.75, 3.05) is 6.61 Å². The zero-order valence-corrected chi connectivity index (χ0v) is 15.9.